The van der Waals surface area contributed by atoms with Crippen LogP contribution in [-0.2, 0) is 0 Å². The van der Waals surface area contributed by atoms with E-state index in [0.29, 0.717) is 0 Å². The molecule has 1 atom stereocenters. The summed E-state index contributed by atoms with van der Waals surface area (Å²) in [4.78, 5) is 10.9. The molecular formula is C16H21ClN4. The number of benzene rings is 1. The van der Waals surface area contributed by atoms with Gasteiger partial charge < -0.3 is 10.2 Å². The van der Waals surface area contributed by atoms with Gasteiger partial charge in [-0.3, -0.25) is 4.98 Å². The van der Waals surface area contributed by atoms with Gasteiger partial charge in [-0.25, -0.2) is 4.98 Å². The Hall–Kier alpha value is -1.81. The molecule has 0 spiro atoms. The number of nitrogens with one attached hydrogen (secondary N) is 1. The van der Waals surface area contributed by atoms with Crippen molar-refractivity contribution in [3.63, 3.8) is 0 Å². The molecule has 5 heteroatoms. The van der Waals surface area contributed by atoms with Crippen molar-refractivity contribution in [2.45, 2.75) is 26.3 Å². The minimum absolute atomic E-state index is 0.120. The Morgan fingerprint density at radius 2 is 2.05 bits per heavy atom. The van der Waals surface area contributed by atoms with E-state index in [1.54, 1.807) is 12.4 Å². The van der Waals surface area contributed by atoms with Gasteiger partial charge in [0.05, 0.1) is 18.4 Å². The lowest BCUT2D eigenvalue weighted by Gasteiger charge is -2.27. The summed E-state index contributed by atoms with van der Waals surface area (Å²) in [5.41, 5.74) is 1.08. The molecule has 0 saturated heterocycles. The lowest BCUT2D eigenvalue weighted by atomic mass is 10.1. The zero-order chi connectivity index (χ0) is 15.2. The molecule has 1 unspecified atom stereocenters. The van der Waals surface area contributed by atoms with Crippen molar-refractivity contribution < 1.29 is 0 Å². The molecule has 0 aliphatic heterocycles. The smallest absolute Gasteiger partial charge is 0.149 e. The summed E-state index contributed by atoms with van der Waals surface area (Å²) in [6, 6.07) is 8.00. The zero-order valence-corrected chi connectivity index (χ0v) is 13.4. The fourth-order valence-corrected chi connectivity index (χ4v) is 2.38. The van der Waals surface area contributed by atoms with E-state index in [0.717, 1.165) is 35.2 Å². The number of rotatable bonds is 6. The molecule has 4 nitrogen and oxygen atoms in total. The molecule has 112 valence electrons. The van der Waals surface area contributed by atoms with E-state index >= 15 is 0 Å². The molecule has 1 aromatic heterocycles. The molecule has 0 aliphatic rings. The third kappa shape index (κ3) is 3.85. The van der Waals surface area contributed by atoms with Gasteiger partial charge in [-0.15, -0.1) is 0 Å². The highest BCUT2D eigenvalue weighted by Crippen LogP contribution is 2.28. The van der Waals surface area contributed by atoms with E-state index in [9.17, 15) is 0 Å². The van der Waals surface area contributed by atoms with Gasteiger partial charge in [-0.2, -0.15) is 0 Å². The Bertz CT molecular complexity index is 588. The number of nitrogens with zero attached hydrogens (tertiary/aromatic N) is 3. The average molecular weight is 305 g/mol. The maximum absolute atomic E-state index is 6.28. The Morgan fingerprint density at radius 1 is 1.29 bits per heavy atom. The molecule has 0 aliphatic carbocycles. The fourth-order valence-electron chi connectivity index (χ4n) is 2.08. The van der Waals surface area contributed by atoms with Crippen LogP contribution in [0.3, 0.4) is 0 Å². The van der Waals surface area contributed by atoms with Crippen molar-refractivity contribution in [2.24, 2.45) is 0 Å². The van der Waals surface area contributed by atoms with Gasteiger partial charge in [0.15, 0.2) is 0 Å². The van der Waals surface area contributed by atoms with Crippen LogP contribution in [0.5, 0.6) is 0 Å². The summed E-state index contributed by atoms with van der Waals surface area (Å²) >= 11 is 6.28. The highest BCUT2D eigenvalue weighted by atomic mass is 35.5. The summed E-state index contributed by atoms with van der Waals surface area (Å²) in [5.74, 6) is 1.62. The van der Waals surface area contributed by atoms with Crippen LogP contribution in [-0.4, -0.2) is 23.6 Å². The van der Waals surface area contributed by atoms with Gasteiger partial charge in [0.2, 0.25) is 0 Å². The maximum atomic E-state index is 6.28. The lowest BCUT2D eigenvalue weighted by Crippen LogP contribution is -2.23. The number of aromatic nitrogens is 2. The second kappa shape index (κ2) is 7.27. The van der Waals surface area contributed by atoms with Crippen LogP contribution >= 0.6 is 11.6 Å². The normalized spacial score (nSPS) is 12.0. The molecule has 0 radical (unpaired) electrons. The summed E-state index contributed by atoms with van der Waals surface area (Å²) in [6.07, 6.45) is 4.56. The van der Waals surface area contributed by atoms with Gasteiger partial charge in [-0.05, 0) is 25.0 Å². The largest absolute Gasteiger partial charge is 0.369 e. The quantitative estimate of drug-likeness (QED) is 0.870. The van der Waals surface area contributed by atoms with Crippen LogP contribution in [0.4, 0.5) is 11.6 Å². The molecule has 21 heavy (non-hydrogen) atoms. The molecule has 1 aromatic carbocycles. The predicted octanol–water partition coefficient (Wildman–Crippen LogP) is 4.15. The van der Waals surface area contributed by atoms with Crippen molar-refractivity contribution in [3.05, 3.63) is 47.2 Å². The van der Waals surface area contributed by atoms with E-state index in [4.69, 9.17) is 11.6 Å². The van der Waals surface area contributed by atoms with Crippen molar-refractivity contribution >= 4 is 23.2 Å². The van der Waals surface area contributed by atoms with Gasteiger partial charge in [0, 0.05) is 18.6 Å². The van der Waals surface area contributed by atoms with Gasteiger partial charge >= 0.3 is 0 Å². The maximum Gasteiger partial charge on any atom is 0.149 e. The van der Waals surface area contributed by atoms with E-state index in [1.807, 2.05) is 31.3 Å². The van der Waals surface area contributed by atoms with Gasteiger partial charge in [0.25, 0.3) is 0 Å². The van der Waals surface area contributed by atoms with Crippen LogP contribution in [0.25, 0.3) is 0 Å². The van der Waals surface area contributed by atoms with Crippen LogP contribution in [0.2, 0.25) is 5.02 Å². The van der Waals surface area contributed by atoms with Crippen molar-refractivity contribution in [3.8, 4) is 0 Å². The van der Waals surface area contributed by atoms with Crippen LogP contribution in [0, 0.1) is 0 Å². The fraction of sp³-hybridized carbons (Fsp3) is 0.375. The molecule has 0 bridgehead atoms. The minimum Gasteiger partial charge on any atom is -0.369 e. The summed E-state index contributed by atoms with van der Waals surface area (Å²) in [7, 11) is 2.00. The third-order valence-electron chi connectivity index (χ3n) is 3.48. The highest BCUT2D eigenvalue weighted by molar-refractivity contribution is 6.31. The molecule has 0 saturated carbocycles. The van der Waals surface area contributed by atoms with Gasteiger partial charge in [-0.1, -0.05) is 36.7 Å². The average Bonchev–Trinajstić information content (AvgIpc) is 2.52. The highest BCUT2D eigenvalue weighted by Gasteiger charge is 2.16. The third-order valence-corrected chi connectivity index (χ3v) is 3.82. The first-order valence-electron chi connectivity index (χ1n) is 7.16. The number of anilines is 2. The summed E-state index contributed by atoms with van der Waals surface area (Å²) < 4.78 is 0. The summed E-state index contributed by atoms with van der Waals surface area (Å²) in [6.45, 7) is 5.12. The molecule has 0 fully saturated rings. The van der Waals surface area contributed by atoms with Crippen molar-refractivity contribution in [1.29, 1.82) is 0 Å². The molecule has 1 N–H and O–H groups in total. The second-order valence-electron chi connectivity index (χ2n) is 5.00. The Kier molecular flexibility index (Phi) is 5.39. The van der Waals surface area contributed by atoms with E-state index < -0.39 is 0 Å². The molecule has 2 rings (SSSR count). The minimum atomic E-state index is 0.120. The summed E-state index contributed by atoms with van der Waals surface area (Å²) in [5, 5.41) is 4.02. The Morgan fingerprint density at radius 3 is 2.76 bits per heavy atom. The monoisotopic (exact) mass is 304 g/mol. The van der Waals surface area contributed by atoms with Crippen molar-refractivity contribution in [2.75, 3.05) is 23.8 Å². The van der Waals surface area contributed by atoms with E-state index in [1.165, 1.54) is 0 Å². The van der Waals surface area contributed by atoms with Crippen LogP contribution in [0.1, 0.15) is 31.9 Å². The molecule has 0 amide bonds. The second-order valence-corrected chi connectivity index (χ2v) is 5.40. The zero-order valence-electron chi connectivity index (χ0n) is 12.7. The lowest BCUT2D eigenvalue weighted by molar-refractivity contribution is 0.726. The van der Waals surface area contributed by atoms with Crippen molar-refractivity contribution in [1.82, 2.24) is 9.97 Å². The standard InChI is InChI=1S/C16H21ClN4/c1-4-9-19-15-10-18-11-16(20-15)21(3)12(2)13-7-5-6-8-14(13)17/h5-8,10-12H,4,9H2,1-3H3,(H,19,20). The van der Waals surface area contributed by atoms with Gasteiger partial charge in [0.1, 0.15) is 11.6 Å². The first-order chi connectivity index (χ1) is 10.1. The topological polar surface area (TPSA) is 41.1 Å². The number of hydrogen-bond donors (Lipinski definition) is 1. The number of hydrogen-bond acceptors (Lipinski definition) is 4. The first-order valence-corrected chi connectivity index (χ1v) is 7.54. The predicted molar refractivity (Wildman–Crippen MR) is 89.1 cm³/mol. The first kappa shape index (κ1) is 15.6. The number of halogens is 1. The van der Waals surface area contributed by atoms with Crippen LogP contribution in [0.15, 0.2) is 36.7 Å². The Labute approximate surface area is 131 Å². The van der Waals surface area contributed by atoms with E-state index in [2.05, 4.69) is 34.0 Å². The SMILES string of the molecule is CCCNc1cncc(N(C)C(C)c2ccccc2Cl)n1. The molecular weight excluding hydrogens is 284 g/mol. The Balaban J connectivity index is 2.19. The van der Waals surface area contributed by atoms with Crippen LogP contribution < -0.4 is 10.2 Å². The molecule has 1 heterocycles. The van der Waals surface area contributed by atoms with E-state index in [-0.39, 0.29) is 6.04 Å². The molecule has 2 aromatic rings.